The molecule has 2 amide bonds. The first-order chi connectivity index (χ1) is 17.7. The third kappa shape index (κ3) is 5.77. The van der Waals surface area contributed by atoms with Gasteiger partial charge in [-0.2, -0.15) is 13.2 Å². The number of alkyl halides is 3. The van der Waals surface area contributed by atoms with E-state index in [1.54, 1.807) is 45.0 Å². The van der Waals surface area contributed by atoms with Crippen molar-refractivity contribution >= 4 is 34.7 Å². The van der Waals surface area contributed by atoms with Crippen LogP contribution in [0.4, 0.5) is 34.0 Å². The molecule has 0 radical (unpaired) electrons. The van der Waals surface area contributed by atoms with Crippen LogP contribution in [-0.4, -0.2) is 34.2 Å². The predicted molar refractivity (Wildman–Crippen MR) is 135 cm³/mol. The number of carbonyl (C=O) groups is 2. The van der Waals surface area contributed by atoms with E-state index < -0.39 is 35.2 Å². The van der Waals surface area contributed by atoms with Gasteiger partial charge in [-0.25, -0.2) is 14.2 Å². The molecule has 4 aromatic rings. The van der Waals surface area contributed by atoms with Gasteiger partial charge < -0.3 is 4.74 Å². The van der Waals surface area contributed by atoms with Crippen LogP contribution in [0.15, 0.2) is 66.7 Å². The molecule has 0 saturated carbocycles. The fourth-order valence-corrected chi connectivity index (χ4v) is 3.69. The van der Waals surface area contributed by atoms with Crippen molar-refractivity contribution in [3.05, 3.63) is 83.7 Å². The summed E-state index contributed by atoms with van der Waals surface area (Å²) in [6.45, 7) is 5.22. The number of aromatic nitrogens is 2. The number of anilines is 2. The zero-order chi connectivity index (χ0) is 27.8. The molecule has 1 heterocycles. The molecule has 7 nitrogen and oxygen atoms in total. The fourth-order valence-electron chi connectivity index (χ4n) is 3.69. The van der Waals surface area contributed by atoms with E-state index in [0.29, 0.717) is 16.9 Å². The van der Waals surface area contributed by atoms with Gasteiger partial charge in [0.2, 0.25) is 5.95 Å². The van der Waals surface area contributed by atoms with Crippen molar-refractivity contribution in [2.45, 2.75) is 32.5 Å². The topological polar surface area (TPSA) is 76.5 Å². The molecule has 0 unspecified atom stereocenters. The maximum atomic E-state index is 14.0. The highest BCUT2D eigenvalue weighted by Gasteiger charge is 2.31. The Kier molecular flexibility index (Phi) is 6.88. The summed E-state index contributed by atoms with van der Waals surface area (Å²) in [5.74, 6) is -1.45. The molecular weight excluding hydrogens is 504 g/mol. The second-order valence-corrected chi connectivity index (χ2v) is 9.50. The third-order valence-corrected chi connectivity index (χ3v) is 5.44. The Hall–Kier alpha value is -4.41. The zero-order valence-electron chi connectivity index (χ0n) is 20.9. The Morgan fingerprint density at radius 3 is 2.37 bits per heavy atom. The van der Waals surface area contributed by atoms with Crippen LogP contribution in [0.25, 0.3) is 16.7 Å². The lowest BCUT2D eigenvalue weighted by Gasteiger charge is -2.25. The normalized spacial score (nSPS) is 11.9. The van der Waals surface area contributed by atoms with Crippen molar-refractivity contribution in [3.63, 3.8) is 0 Å². The average Bonchev–Trinajstić information content (AvgIpc) is 3.18. The molecular formula is C27H24F4N4O3. The average molecular weight is 529 g/mol. The van der Waals surface area contributed by atoms with Crippen LogP contribution >= 0.6 is 0 Å². The molecule has 1 N–H and O–H groups in total. The summed E-state index contributed by atoms with van der Waals surface area (Å²) in [6, 6.07) is 14.5. The zero-order valence-corrected chi connectivity index (χ0v) is 20.9. The molecule has 0 fully saturated rings. The van der Waals surface area contributed by atoms with Gasteiger partial charge in [0.1, 0.15) is 11.4 Å². The molecule has 1 aromatic heterocycles. The number of halogens is 4. The molecule has 0 aliphatic rings. The molecule has 4 rings (SSSR count). The lowest BCUT2D eigenvalue weighted by Crippen LogP contribution is -2.34. The summed E-state index contributed by atoms with van der Waals surface area (Å²) in [5, 5.41) is 2.53. The number of ether oxygens (including phenoxy) is 1. The first-order valence-electron chi connectivity index (χ1n) is 11.5. The largest absolute Gasteiger partial charge is 0.443 e. The van der Waals surface area contributed by atoms with Gasteiger partial charge in [-0.1, -0.05) is 12.1 Å². The molecule has 198 valence electrons. The lowest BCUT2D eigenvalue weighted by molar-refractivity contribution is -0.137. The van der Waals surface area contributed by atoms with Crippen molar-refractivity contribution < 1.29 is 31.9 Å². The molecule has 0 bridgehead atoms. The van der Waals surface area contributed by atoms with Crippen molar-refractivity contribution in [1.29, 1.82) is 0 Å². The summed E-state index contributed by atoms with van der Waals surface area (Å²) >= 11 is 0. The Morgan fingerprint density at radius 2 is 1.68 bits per heavy atom. The van der Waals surface area contributed by atoms with Crippen molar-refractivity contribution in [1.82, 2.24) is 9.55 Å². The van der Waals surface area contributed by atoms with Crippen LogP contribution < -0.4 is 10.2 Å². The predicted octanol–water partition coefficient (Wildman–Crippen LogP) is 6.81. The fraction of sp³-hybridized carbons (Fsp3) is 0.222. The van der Waals surface area contributed by atoms with Crippen LogP contribution in [0.2, 0.25) is 0 Å². The Morgan fingerprint density at radius 1 is 0.974 bits per heavy atom. The highest BCUT2D eigenvalue weighted by molar-refractivity contribution is 6.04. The number of nitrogens with one attached hydrogen (secondary N) is 1. The van der Waals surface area contributed by atoms with E-state index in [9.17, 15) is 27.2 Å². The first kappa shape index (κ1) is 26.6. The van der Waals surface area contributed by atoms with Crippen LogP contribution in [0.5, 0.6) is 0 Å². The summed E-state index contributed by atoms with van der Waals surface area (Å²) < 4.78 is 60.3. The maximum Gasteiger partial charge on any atom is 0.416 e. The van der Waals surface area contributed by atoms with Crippen molar-refractivity contribution in [2.75, 3.05) is 17.3 Å². The minimum atomic E-state index is -4.62. The number of imidazole rings is 1. The van der Waals surface area contributed by atoms with Gasteiger partial charge in [-0.15, -0.1) is 0 Å². The molecule has 0 atom stereocenters. The highest BCUT2D eigenvalue weighted by atomic mass is 19.4. The van der Waals surface area contributed by atoms with Gasteiger partial charge in [-0.3, -0.25) is 19.6 Å². The summed E-state index contributed by atoms with van der Waals surface area (Å²) in [4.78, 5) is 31.1. The number of nitrogens with zero attached hydrogens (tertiary/aromatic N) is 3. The number of hydrogen-bond donors (Lipinski definition) is 1. The van der Waals surface area contributed by atoms with E-state index in [4.69, 9.17) is 4.74 Å². The molecule has 0 aliphatic carbocycles. The second-order valence-electron chi connectivity index (χ2n) is 9.50. The number of carbonyl (C=O) groups excluding carboxylic acids is 2. The smallest absolute Gasteiger partial charge is 0.416 e. The minimum absolute atomic E-state index is 0.0508. The Labute approximate surface area is 215 Å². The number of hydrogen-bond acceptors (Lipinski definition) is 4. The molecule has 11 heteroatoms. The standard InChI is InChI=1S/C27H24F4N4O3/c1-26(2,3)38-25(37)34(4)19-9-6-10-20(15-19)35-22-12-11-18(28)14-21(22)32-24(35)33-23(36)16-7-5-8-17(13-16)27(29,30)31/h5-15H,1-4H3,(H,32,33,36). The van der Waals surface area contributed by atoms with Crippen molar-refractivity contribution in [3.8, 4) is 5.69 Å². The summed E-state index contributed by atoms with van der Waals surface area (Å²) in [5.41, 5.74) is -0.393. The quantitative estimate of drug-likeness (QED) is 0.296. The third-order valence-electron chi connectivity index (χ3n) is 5.44. The number of amides is 2. The number of rotatable bonds is 4. The van der Waals surface area contributed by atoms with Gasteiger partial charge in [0.15, 0.2) is 0 Å². The summed E-state index contributed by atoms with van der Waals surface area (Å²) in [6.07, 6.45) is -5.22. The van der Waals surface area contributed by atoms with E-state index in [2.05, 4.69) is 10.3 Å². The molecule has 0 saturated heterocycles. The molecule has 3 aromatic carbocycles. The minimum Gasteiger partial charge on any atom is -0.443 e. The Bertz CT molecular complexity index is 1520. The number of benzene rings is 3. The van der Waals surface area contributed by atoms with Crippen molar-refractivity contribution in [2.24, 2.45) is 0 Å². The van der Waals surface area contributed by atoms with Gasteiger partial charge in [-0.05, 0) is 69.3 Å². The van der Waals surface area contributed by atoms with Crippen LogP contribution in [-0.2, 0) is 10.9 Å². The lowest BCUT2D eigenvalue weighted by atomic mass is 10.1. The molecule has 38 heavy (non-hydrogen) atoms. The summed E-state index contributed by atoms with van der Waals surface area (Å²) in [7, 11) is 1.53. The van der Waals surface area contributed by atoms with Crippen LogP contribution in [0.3, 0.4) is 0 Å². The van der Waals surface area contributed by atoms with E-state index >= 15 is 0 Å². The van der Waals surface area contributed by atoms with E-state index in [1.807, 2.05) is 0 Å². The van der Waals surface area contributed by atoms with Gasteiger partial charge in [0.25, 0.3) is 5.91 Å². The van der Waals surface area contributed by atoms with Gasteiger partial charge >= 0.3 is 12.3 Å². The molecule has 0 spiro atoms. The van der Waals surface area contributed by atoms with E-state index in [1.165, 1.54) is 40.8 Å². The number of fused-ring (bicyclic) bond motifs is 1. The van der Waals surface area contributed by atoms with E-state index in [0.717, 1.165) is 18.2 Å². The van der Waals surface area contributed by atoms with Gasteiger partial charge in [0.05, 0.1) is 22.3 Å². The van der Waals surface area contributed by atoms with E-state index in [-0.39, 0.29) is 17.0 Å². The van der Waals surface area contributed by atoms with Gasteiger partial charge in [0, 0.05) is 24.4 Å². The van der Waals surface area contributed by atoms with Crippen LogP contribution in [0.1, 0.15) is 36.7 Å². The SMILES string of the molecule is CN(C(=O)OC(C)(C)C)c1cccc(-n2c(NC(=O)c3cccc(C(F)(F)F)c3)nc3cc(F)ccc32)c1. The molecule has 0 aliphatic heterocycles. The first-order valence-corrected chi connectivity index (χ1v) is 11.5. The van der Waals surface area contributed by atoms with Crippen LogP contribution in [0, 0.1) is 5.82 Å². The monoisotopic (exact) mass is 528 g/mol. The maximum absolute atomic E-state index is 14.0. The Balaban J connectivity index is 1.75. The highest BCUT2D eigenvalue weighted by Crippen LogP contribution is 2.31. The second kappa shape index (κ2) is 9.81.